The normalized spacial score (nSPS) is 30.9. The van der Waals surface area contributed by atoms with Crippen molar-refractivity contribution in [2.24, 2.45) is 11.3 Å². The molecule has 22 heavy (non-hydrogen) atoms. The monoisotopic (exact) mass is 305 g/mol. The Morgan fingerprint density at radius 1 is 1.05 bits per heavy atom. The molecule has 0 aromatic heterocycles. The molecule has 124 valence electrons. The van der Waals surface area contributed by atoms with Gasteiger partial charge in [0, 0.05) is 50.6 Å². The second-order valence-corrected chi connectivity index (χ2v) is 8.43. The molecule has 0 unspecified atom stereocenters. The highest BCUT2D eigenvalue weighted by Gasteiger charge is 2.55. The van der Waals surface area contributed by atoms with Crippen molar-refractivity contribution in [2.45, 2.75) is 58.0 Å². The summed E-state index contributed by atoms with van der Waals surface area (Å²) >= 11 is 0. The topological polar surface area (TPSA) is 26.8 Å². The second kappa shape index (κ2) is 5.48. The molecule has 0 N–H and O–H groups in total. The minimum absolute atomic E-state index is 0.258. The largest absolute Gasteiger partial charge is 0.342 e. The molecule has 3 saturated heterocycles. The van der Waals surface area contributed by atoms with Crippen molar-refractivity contribution in [1.29, 1.82) is 0 Å². The number of hydrogen-bond acceptors (Lipinski definition) is 3. The van der Waals surface area contributed by atoms with Crippen molar-refractivity contribution >= 4 is 5.91 Å². The van der Waals surface area contributed by atoms with Crippen molar-refractivity contribution in [3.05, 3.63) is 0 Å². The Labute approximate surface area is 134 Å². The Morgan fingerprint density at radius 3 is 2.23 bits per heavy atom. The quantitative estimate of drug-likeness (QED) is 0.795. The van der Waals surface area contributed by atoms with E-state index in [-0.39, 0.29) is 5.91 Å². The van der Waals surface area contributed by atoms with Gasteiger partial charge in [0.2, 0.25) is 5.91 Å². The zero-order valence-electron chi connectivity index (χ0n) is 14.3. The molecule has 0 bridgehead atoms. The average molecular weight is 305 g/mol. The second-order valence-electron chi connectivity index (χ2n) is 8.43. The highest BCUT2D eigenvalue weighted by molar-refractivity contribution is 5.74. The summed E-state index contributed by atoms with van der Waals surface area (Å²) < 4.78 is 0. The fourth-order valence-electron chi connectivity index (χ4n) is 5.19. The maximum atomic E-state index is 11.3. The smallest absolute Gasteiger partial charge is 0.219 e. The number of carbonyl (C=O) groups excluding carboxylic acids is 1. The summed E-state index contributed by atoms with van der Waals surface area (Å²) in [6.45, 7) is 11.4. The van der Waals surface area contributed by atoms with Gasteiger partial charge >= 0.3 is 0 Å². The molecule has 1 amide bonds. The molecule has 0 atom stereocenters. The Morgan fingerprint density at radius 2 is 1.68 bits per heavy atom. The predicted molar refractivity (Wildman–Crippen MR) is 87.7 cm³/mol. The number of rotatable bonds is 3. The van der Waals surface area contributed by atoms with Gasteiger partial charge in [-0.1, -0.05) is 13.3 Å². The van der Waals surface area contributed by atoms with Crippen LogP contribution in [0.1, 0.15) is 46.0 Å². The highest BCUT2D eigenvalue weighted by Crippen LogP contribution is 2.51. The summed E-state index contributed by atoms with van der Waals surface area (Å²) in [6.07, 6.45) is 6.87. The Balaban J connectivity index is 1.16. The van der Waals surface area contributed by atoms with Gasteiger partial charge in [-0.15, -0.1) is 0 Å². The lowest BCUT2D eigenvalue weighted by Gasteiger charge is -2.63. The molecule has 4 nitrogen and oxygen atoms in total. The van der Waals surface area contributed by atoms with Crippen LogP contribution in [-0.2, 0) is 4.79 Å². The summed E-state index contributed by atoms with van der Waals surface area (Å²) in [6, 6.07) is 1.66. The van der Waals surface area contributed by atoms with Crippen LogP contribution in [0.2, 0.25) is 0 Å². The number of nitrogens with zero attached hydrogens (tertiary/aromatic N) is 3. The summed E-state index contributed by atoms with van der Waals surface area (Å²) in [5, 5.41) is 0. The van der Waals surface area contributed by atoms with E-state index in [1.54, 1.807) is 6.92 Å². The molecular weight excluding hydrogens is 274 g/mol. The van der Waals surface area contributed by atoms with E-state index in [0.29, 0.717) is 5.41 Å². The molecule has 0 aromatic carbocycles. The first-order valence-corrected chi connectivity index (χ1v) is 9.32. The van der Waals surface area contributed by atoms with Crippen molar-refractivity contribution < 1.29 is 4.79 Å². The lowest BCUT2D eigenvalue weighted by molar-refractivity contribution is -0.161. The summed E-state index contributed by atoms with van der Waals surface area (Å²) in [5.41, 5.74) is 0.515. The van der Waals surface area contributed by atoms with Crippen LogP contribution in [0.15, 0.2) is 0 Å². The molecule has 4 rings (SSSR count). The van der Waals surface area contributed by atoms with Gasteiger partial charge in [0.1, 0.15) is 0 Å². The van der Waals surface area contributed by atoms with Crippen LogP contribution in [0.5, 0.6) is 0 Å². The lowest BCUT2D eigenvalue weighted by atomic mass is 9.59. The van der Waals surface area contributed by atoms with E-state index in [1.807, 2.05) is 4.90 Å². The van der Waals surface area contributed by atoms with E-state index >= 15 is 0 Å². The van der Waals surface area contributed by atoms with Crippen molar-refractivity contribution in [1.82, 2.24) is 14.7 Å². The van der Waals surface area contributed by atoms with Gasteiger partial charge in [0.15, 0.2) is 0 Å². The SMILES string of the molecule is CCC1CCN(C2CN(C3CC4(C3)CN(C(C)=O)C4)C2)CC1. The van der Waals surface area contributed by atoms with Crippen molar-refractivity contribution in [2.75, 3.05) is 39.3 Å². The molecule has 1 spiro atoms. The van der Waals surface area contributed by atoms with Gasteiger partial charge in [-0.3, -0.25) is 14.6 Å². The van der Waals surface area contributed by atoms with E-state index < -0.39 is 0 Å². The summed E-state index contributed by atoms with van der Waals surface area (Å²) in [5.74, 6) is 1.25. The van der Waals surface area contributed by atoms with E-state index in [9.17, 15) is 4.79 Å². The first-order valence-electron chi connectivity index (χ1n) is 9.32. The molecule has 3 heterocycles. The van der Waals surface area contributed by atoms with Crippen LogP contribution < -0.4 is 0 Å². The molecule has 1 aliphatic carbocycles. The third kappa shape index (κ3) is 2.48. The molecule has 4 fully saturated rings. The van der Waals surface area contributed by atoms with Gasteiger partial charge < -0.3 is 4.90 Å². The van der Waals surface area contributed by atoms with Crippen LogP contribution in [0.25, 0.3) is 0 Å². The van der Waals surface area contributed by atoms with Crippen molar-refractivity contribution in [3.8, 4) is 0 Å². The fraction of sp³-hybridized carbons (Fsp3) is 0.944. The molecule has 0 radical (unpaired) electrons. The Hall–Kier alpha value is -0.610. The third-order valence-corrected chi connectivity index (χ3v) is 6.98. The molecule has 1 saturated carbocycles. The van der Waals surface area contributed by atoms with E-state index in [2.05, 4.69) is 16.7 Å². The van der Waals surface area contributed by atoms with Crippen LogP contribution in [0.3, 0.4) is 0 Å². The number of amides is 1. The van der Waals surface area contributed by atoms with Crippen LogP contribution in [0.4, 0.5) is 0 Å². The number of likely N-dealkylation sites (tertiary alicyclic amines) is 3. The first kappa shape index (κ1) is 14.9. The minimum atomic E-state index is 0.258. The van der Waals surface area contributed by atoms with Crippen molar-refractivity contribution in [3.63, 3.8) is 0 Å². The molecular formula is C18H31N3O. The van der Waals surface area contributed by atoms with Gasteiger partial charge in [-0.2, -0.15) is 0 Å². The zero-order valence-corrected chi connectivity index (χ0v) is 14.3. The van der Waals surface area contributed by atoms with Crippen LogP contribution in [-0.4, -0.2) is 72.0 Å². The summed E-state index contributed by atoms with van der Waals surface area (Å²) in [7, 11) is 0. The number of hydrogen-bond donors (Lipinski definition) is 0. The lowest BCUT2D eigenvalue weighted by Crippen LogP contribution is -2.71. The Kier molecular flexibility index (Phi) is 3.73. The first-order chi connectivity index (χ1) is 10.6. The fourth-order valence-corrected chi connectivity index (χ4v) is 5.19. The molecule has 3 aliphatic heterocycles. The third-order valence-electron chi connectivity index (χ3n) is 6.98. The van der Waals surface area contributed by atoms with Gasteiger partial charge in [-0.25, -0.2) is 0 Å². The van der Waals surface area contributed by atoms with Crippen LogP contribution >= 0.6 is 0 Å². The van der Waals surface area contributed by atoms with E-state index in [0.717, 1.165) is 31.1 Å². The number of piperidine rings is 1. The molecule has 4 aliphatic rings. The van der Waals surface area contributed by atoms with E-state index in [1.165, 1.54) is 58.3 Å². The summed E-state index contributed by atoms with van der Waals surface area (Å²) in [4.78, 5) is 18.8. The maximum absolute atomic E-state index is 11.3. The van der Waals surface area contributed by atoms with Gasteiger partial charge in [0.25, 0.3) is 0 Å². The minimum Gasteiger partial charge on any atom is -0.342 e. The maximum Gasteiger partial charge on any atom is 0.219 e. The number of carbonyl (C=O) groups is 1. The molecule has 4 heteroatoms. The molecule has 0 aromatic rings. The average Bonchev–Trinajstić information content (AvgIpc) is 2.37. The van der Waals surface area contributed by atoms with Gasteiger partial charge in [-0.05, 0) is 44.7 Å². The van der Waals surface area contributed by atoms with E-state index in [4.69, 9.17) is 0 Å². The standard InChI is InChI=1S/C18H31N3O/c1-3-15-4-6-19(7-5-15)17-10-20(11-17)16-8-18(9-16)12-21(13-18)14(2)22/h15-17H,3-13H2,1-2H3. The highest BCUT2D eigenvalue weighted by atomic mass is 16.2. The predicted octanol–water partition coefficient (Wildman–Crippen LogP) is 1.80. The van der Waals surface area contributed by atoms with Gasteiger partial charge in [0.05, 0.1) is 0 Å². The zero-order chi connectivity index (χ0) is 15.3. The van der Waals surface area contributed by atoms with Crippen LogP contribution in [0, 0.1) is 11.3 Å². The Bertz CT molecular complexity index is 424.